The van der Waals surface area contributed by atoms with E-state index in [0.29, 0.717) is 24.3 Å². The Labute approximate surface area is 158 Å². The highest BCUT2D eigenvalue weighted by atomic mass is 16.6. The third kappa shape index (κ3) is 3.93. The number of nitro benzene ring substituents is 1. The van der Waals surface area contributed by atoms with Crippen LogP contribution in [0.3, 0.4) is 0 Å². The maximum absolute atomic E-state index is 12.6. The largest absolute Gasteiger partial charge is 0.493 e. The van der Waals surface area contributed by atoms with E-state index in [1.165, 1.54) is 17.7 Å². The predicted molar refractivity (Wildman–Crippen MR) is 102 cm³/mol. The van der Waals surface area contributed by atoms with E-state index in [4.69, 9.17) is 4.74 Å². The number of carbonyl (C=O) groups excluding carboxylic acids is 1. The minimum atomic E-state index is -0.471. The summed E-state index contributed by atoms with van der Waals surface area (Å²) in [4.78, 5) is 25.3. The first-order valence-electron chi connectivity index (χ1n) is 8.82. The molecule has 0 saturated carbocycles. The van der Waals surface area contributed by atoms with Gasteiger partial charge in [0.25, 0.3) is 11.6 Å². The number of rotatable bonds is 6. The van der Waals surface area contributed by atoms with Crippen LogP contribution in [0.5, 0.6) is 5.75 Å². The molecule has 2 aromatic rings. The van der Waals surface area contributed by atoms with Crippen LogP contribution in [0.1, 0.15) is 33.1 Å². The van der Waals surface area contributed by atoms with E-state index in [0.717, 1.165) is 17.7 Å². The van der Waals surface area contributed by atoms with Crippen LogP contribution in [-0.2, 0) is 6.42 Å². The molecule has 1 unspecified atom stereocenters. The van der Waals surface area contributed by atoms with Crippen LogP contribution in [-0.4, -0.2) is 43.0 Å². The van der Waals surface area contributed by atoms with Gasteiger partial charge in [0.2, 0.25) is 0 Å². The van der Waals surface area contributed by atoms with Crippen LogP contribution < -0.4 is 10.1 Å². The molecule has 0 radical (unpaired) electrons. The topological polar surface area (TPSA) is 84.7 Å². The van der Waals surface area contributed by atoms with Gasteiger partial charge in [-0.2, -0.15) is 0 Å². The molecule has 2 aromatic carbocycles. The van der Waals surface area contributed by atoms with Gasteiger partial charge in [-0.3, -0.25) is 14.9 Å². The summed E-state index contributed by atoms with van der Waals surface area (Å²) in [5.74, 6) is 0.611. The molecule has 1 heterocycles. The van der Waals surface area contributed by atoms with Crippen molar-refractivity contribution >= 4 is 11.6 Å². The van der Waals surface area contributed by atoms with Gasteiger partial charge in [0.05, 0.1) is 17.6 Å². The lowest BCUT2D eigenvalue weighted by Crippen LogP contribution is -2.34. The maximum Gasteiger partial charge on any atom is 0.273 e. The fourth-order valence-electron chi connectivity index (χ4n) is 3.36. The molecule has 1 amide bonds. The summed E-state index contributed by atoms with van der Waals surface area (Å²) in [5, 5.41) is 14.0. The molecule has 0 aliphatic carbocycles. The molecule has 142 valence electrons. The minimum absolute atomic E-state index is 0.0149. The molecule has 0 spiro atoms. The van der Waals surface area contributed by atoms with Crippen molar-refractivity contribution in [1.82, 2.24) is 10.2 Å². The van der Waals surface area contributed by atoms with Gasteiger partial charge in [-0.1, -0.05) is 18.2 Å². The Morgan fingerprint density at radius 3 is 2.81 bits per heavy atom. The lowest BCUT2D eigenvalue weighted by atomic mass is 10.0. The zero-order chi connectivity index (χ0) is 19.6. The van der Waals surface area contributed by atoms with Crippen LogP contribution in [0.15, 0.2) is 36.4 Å². The quantitative estimate of drug-likeness (QED) is 0.625. The average Bonchev–Trinajstić information content (AvgIpc) is 3.09. The van der Waals surface area contributed by atoms with Crippen molar-refractivity contribution in [3.63, 3.8) is 0 Å². The van der Waals surface area contributed by atoms with Crippen molar-refractivity contribution in [3.05, 3.63) is 68.8 Å². The maximum atomic E-state index is 12.6. The third-order valence-electron chi connectivity index (χ3n) is 4.92. The minimum Gasteiger partial charge on any atom is -0.493 e. The van der Waals surface area contributed by atoms with Crippen molar-refractivity contribution in [2.75, 3.05) is 27.2 Å². The number of nitrogens with zero attached hydrogens (tertiary/aromatic N) is 2. The molecule has 1 aliphatic rings. The Bertz CT molecular complexity index is 880. The van der Waals surface area contributed by atoms with Crippen molar-refractivity contribution < 1.29 is 14.5 Å². The van der Waals surface area contributed by atoms with Gasteiger partial charge in [0.1, 0.15) is 5.75 Å². The van der Waals surface area contributed by atoms with E-state index in [1.54, 1.807) is 13.0 Å². The van der Waals surface area contributed by atoms with Crippen molar-refractivity contribution in [1.29, 1.82) is 0 Å². The fraction of sp³-hybridized carbons (Fsp3) is 0.350. The van der Waals surface area contributed by atoms with Crippen molar-refractivity contribution in [3.8, 4) is 5.75 Å². The Morgan fingerprint density at radius 2 is 2.11 bits per heavy atom. The molecule has 0 bridgehead atoms. The number of carbonyl (C=O) groups is 1. The fourth-order valence-corrected chi connectivity index (χ4v) is 3.36. The standard InChI is InChI=1S/C20H23N3O4/c1-13-16(5-4-6-17(13)23(25)26)20(24)21-12-18(22(2)3)14-7-8-19-15(11-14)9-10-27-19/h4-8,11,18H,9-10,12H2,1-3H3,(H,21,24). The number of hydrogen-bond donors (Lipinski definition) is 1. The SMILES string of the molecule is Cc1c(C(=O)NCC(c2ccc3c(c2)CCO3)N(C)C)cccc1[N+](=O)[O-]. The number of fused-ring (bicyclic) bond motifs is 1. The highest BCUT2D eigenvalue weighted by molar-refractivity contribution is 5.96. The molecule has 0 saturated heterocycles. The van der Waals surface area contributed by atoms with Crippen LogP contribution in [0.2, 0.25) is 0 Å². The highest BCUT2D eigenvalue weighted by Crippen LogP contribution is 2.29. The molecule has 7 heteroatoms. The number of amides is 1. The molecule has 1 N–H and O–H groups in total. The van der Waals surface area contributed by atoms with Gasteiger partial charge in [-0.05, 0) is 44.3 Å². The monoisotopic (exact) mass is 369 g/mol. The van der Waals surface area contributed by atoms with Gasteiger partial charge in [-0.15, -0.1) is 0 Å². The Kier molecular flexibility index (Phi) is 5.41. The van der Waals surface area contributed by atoms with E-state index in [2.05, 4.69) is 11.4 Å². The number of nitro groups is 1. The van der Waals surface area contributed by atoms with E-state index in [-0.39, 0.29) is 17.6 Å². The summed E-state index contributed by atoms with van der Waals surface area (Å²) in [6.07, 6.45) is 0.891. The first kappa shape index (κ1) is 18.8. The molecule has 1 aliphatic heterocycles. The highest BCUT2D eigenvalue weighted by Gasteiger charge is 2.21. The van der Waals surface area contributed by atoms with Crippen LogP contribution in [0.4, 0.5) is 5.69 Å². The molecule has 27 heavy (non-hydrogen) atoms. The van der Waals surface area contributed by atoms with E-state index in [1.807, 2.05) is 31.1 Å². The molecule has 1 atom stereocenters. The number of ether oxygens (including phenoxy) is 1. The second kappa shape index (κ2) is 7.75. The summed E-state index contributed by atoms with van der Waals surface area (Å²) in [6, 6.07) is 10.6. The zero-order valence-electron chi connectivity index (χ0n) is 15.7. The second-order valence-corrected chi connectivity index (χ2v) is 6.86. The Hall–Kier alpha value is -2.93. The van der Waals surface area contributed by atoms with Gasteiger partial charge in [0, 0.05) is 30.2 Å². The first-order chi connectivity index (χ1) is 12.9. The summed E-state index contributed by atoms with van der Waals surface area (Å²) < 4.78 is 5.55. The van der Waals surface area contributed by atoms with E-state index >= 15 is 0 Å². The lowest BCUT2D eigenvalue weighted by Gasteiger charge is -2.25. The average molecular weight is 369 g/mol. The summed E-state index contributed by atoms with van der Waals surface area (Å²) in [7, 11) is 3.91. The van der Waals surface area contributed by atoms with Gasteiger partial charge < -0.3 is 15.0 Å². The van der Waals surface area contributed by atoms with Crippen LogP contribution in [0.25, 0.3) is 0 Å². The number of hydrogen-bond acceptors (Lipinski definition) is 5. The third-order valence-corrected chi connectivity index (χ3v) is 4.92. The molecule has 3 rings (SSSR count). The van der Waals surface area contributed by atoms with E-state index < -0.39 is 4.92 Å². The van der Waals surface area contributed by atoms with Gasteiger partial charge in [-0.25, -0.2) is 0 Å². The van der Waals surface area contributed by atoms with Crippen LogP contribution in [0, 0.1) is 17.0 Å². The van der Waals surface area contributed by atoms with Gasteiger partial charge >= 0.3 is 0 Å². The molecular formula is C20H23N3O4. The summed E-state index contributed by atoms with van der Waals surface area (Å²) in [6.45, 7) is 2.69. The molecular weight excluding hydrogens is 346 g/mol. The predicted octanol–water partition coefficient (Wildman–Crippen LogP) is 2.87. The van der Waals surface area contributed by atoms with Gasteiger partial charge in [0.15, 0.2) is 0 Å². The zero-order valence-corrected chi connectivity index (χ0v) is 15.7. The smallest absolute Gasteiger partial charge is 0.273 e. The lowest BCUT2D eigenvalue weighted by molar-refractivity contribution is -0.385. The molecule has 0 fully saturated rings. The summed E-state index contributed by atoms with van der Waals surface area (Å²) >= 11 is 0. The Morgan fingerprint density at radius 1 is 1.33 bits per heavy atom. The Balaban J connectivity index is 1.76. The molecule has 0 aromatic heterocycles. The van der Waals surface area contributed by atoms with Crippen molar-refractivity contribution in [2.45, 2.75) is 19.4 Å². The van der Waals surface area contributed by atoms with E-state index in [9.17, 15) is 14.9 Å². The number of benzene rings is 2. The normalized spacial score (nSPS) is 13.8. The van der Waals surface area contributed by atoms with Crippen molar-refractivity contribution in [2.24, 2.45) is 0 Å². The van der Waals surface area contributed by atoms with Crippen LogP contribution >= 0.6 is 0 Å². The molecule has 7 nitrogen and oxygen atoms in total. The summed E-state index contributed by atoms with van der Waals surface area (Å²) in [5.41, 5.74) is 2.92. The second-order valence-electron chi connectivity index (χ2n) is 6.86. The first-order valence-corrected chi connectivity index (χ1v) is 8.82. The number of likely N-dealkylation sites (N-methyl/N-ethyl adjacent to an activating group) is 1. The number of nitrogens with one attached hydrogen (secondary N) is 1.